The highest BCUT2D eigenvalue weighted by Crippen LogP contribution is 2.29. The summed E-state index contributed by atoms with van der Waals surface area (Å²) in [5, 5.41) is 12.2. The van der Waals surface area contributed by atoms with Crippen LogP contribution in [0, 0.1) is 5.41 Å². The lowest BCUT2D eigenvalue weighted by Gasteiger charge is -2.24. The number of hydrogen-bond donors (Lipinski definition) is 3. The Bertz CT molecular complexity index is 1160. The molecule has 0 saturated carbocycles. The smallest absolute Gasteiger partial charge is 0.313 e. The van der Waals surface area contributed by atoms with Gasteiger partial charge >= 0.3 is 5.97 Å². The number of nitrogen functional groups attached to an aromatic ring is 1. The molecule has 0 bridgehead atoms. The highest BCUT2D eigenvalue weighted by Gasteiger charge is 2.25. The summed E-state index contributed by atoms with van der Waals surface area (Å²) < 4.78 is 13.8. The van der Waals surface area contributed by atoms with E-state index >= 15 is 0 Å². The van der Waals surface area contributed by atoms with Crippen molar-refractivity contribution in [3.63, 3.8) is 0 Å². The number of carbonyl (C=O) groups is 1. The van der Waals surface area contributed by atoms with E-state index in [1.165, 1.54) is 0 Å². The Balaban J connectivity index is 0.00000228. The van der Waals surface area contributed by atoms with Crippen molar-refractivity contribution >= 4 is 47.5 Å². The number of hydrogen-bond acceptors (Lipinski definition) is 5. The third-order valence-electron chi connectivity index (χ3n) is 6.47. The number of benzene rings is 2. The molecule has 1 unspecified atom stereocenters. The van der Waals surface area contributed by atoms with E-state index < -0.39 is 5.92 Å². The maximum Gasteiger partial charge on any atom is 0.313 e. The SMILES string of the molecule is CCOC(=O)C(Cc1cc2ccc(C(=N)N)cc2n1CC)c1ccc(OC2CCNCC2)cc1.Cl.Cl. The molecule has 1 aromatic heterocycles. The van der Waals surface area contributed by atoms with E-state index in [0.717, 1.165) is 60.4 Å². The number of esters is 1. The van der Waals surface area contributed by atoms with E-state index in [9.17, 15) is 4.79 Å². The van der Waals surface area contributed by atoms with Gasteiger partial charge in [-0.3, -0.25) is 10.2 Å². The molecular weight excluding hydrogens is 499 g/mol. The molecule has 7 nitrogen and oxygen atoms in total. The predicted molar refractivity (Wildman–Crippen MR) is 149 cm³/mol. The fourth-order valence-corrected chi connectivity index (χ4v) is 4.70. The van der Waals surface area contributed by atoms with Gasteiger partial charge in [0.25, 0.3) is 0 Å². The van der Waals surface area contributed by atoms with Crippen LogP contribution in [0.2, 0.25) is 0 Å². The summed E-state index contributed by atoms with van der Waals surface area (Å²) in [6.45, 7) is 6.96. The van der Waals surface area contributed by atoms with Crippen LogP contribution in [0.4, 0.5) is 0 Å². The molecule has 3 aromatic rings. The molecule has 2 heterocycles. The first-order valence-corrected chi connectivity index (χ1v) is 12.1. The van der Waals surface area contributed by atoms with Gasteiger partial charge in [0.05, 0.1) is 12.5 Å². The third kappa shape index (κ3) is 6.72. The lowest BCUT2D eigenvalue weighted by molar-refractivity contribution is -0.145. The monoisotopic (exact) mass is 534 g/mol. The lowest BCUT2D eigenvalue weighted by atomic mass is 9.94. The van der Waals surface area contributed by atoms with Crippen LogP contribution < -0.4 is 15.8 Å². The second kappa shape index (κ2) is 13.5. The molecule has 0 amide bonds. The molecule has 196 valence electrons. The van der Waals surface area contributed by atoms with Gasteiger partial charge in [0.15, 0.2) is 0 Å². The van der Waals surface area contributed by atoms with Crippen molar-refractivity contribution in [1.29, 1.82) is 5.41 Å². The Kier molecular flexibility index (Phi) is 11.1. The molecular formula is C27H36Cl2N4O3. The molecule has 1 fully saturated rings. The van der Waals surface area contributed by atoms with Gasteiger partial charge in [0.1, 0.15) is 17.7 Å². The number of halogens is 2. The zero-order valence-corrected chi connectivity index (χ0v) is 22.4. The largest absolute Gasteiger partial charge is 0.490 e. The average molecular weight is 536 g/mol. The van der Waals surface area contributed by atoms with Crippen LogP contribution in [0.1, 0.15) is 49.4 Å². The van der Waals surface area contributed by atoms with Crippen LogP contribution in [0.5, 0.6) is 5.75 Å². The molecule has 9 heteroatoms. The molecule has 0 aliphatic carbocycles. The predicted octanol–water partition coefficient (Wildman–Crippen LogP) is 4.81. The summed E-state index contributed by atoms with van der Waals surface area (Å²) in [5.41, 5.74) is 9.37. The van der Waals surface area contributed by atoms with E-state index in [1.807, 2.05) is 49.4 Å². The molecule has 4 rings (SSSR count). The Morgan fingerprint density at radius 3 is 2.42 bits per heavy atom. The summed E-state index contributed by atoms with van der Waals surface area (Å²) in [6.07, 6.45) is 2.75. The number of nitrogens with one attached hydrogen (secondary N) is 2. The number of piperidine rings is 1. The van der Waals surface area contributed by atoms with Crippen molar-refractivity contribution in [3.05, 3.63) is 65.4 Å². The zero-order valence-electron chi connectivity index (χ0n) is 20.8. The van der Waals surface area contributed by atoms with Gasteiger partial charge < -0.3 is 25.1 Å². The van der Waals surface area contributed by atoms with E-state index in [2.05, 4.69) is 22.9 Å². The number of nitrogens with zero attached hydrogens (tertiary/aromatic N) is 1. The Morgan fingerprint density at radius 1 is 1.11 bits per heavy atom. The number of aromatic nitrogens is 1. The summed E-state index contributed by atoms with van der Waals surface area (Å²) in [5.74, 6) is 0.225. The third-order valence-corrected chi connectivity index (χ3v) is 6.47. The Morgan fingerprint density at radius 2 is 1.81 bits per heavy atom. The molecule has 4 N–H and O–H groups in total. The van der Waals surface area contributed by atoms with Gasteiger partial charge in [-0.1, -0.05) is 24.3 Å². The summed E-state index contributed by atoms with van der Waals surface area (Å²) in [7, 11) is 0. The fraction of sp³-hybridized carbons (Fsp3) is 0.407. The first kappa shape index (κ1) is 29.5. The number of fused-ring (bicyclic) bond motifs is 1. The topological polar surface area (TPSA) is 102 Å². The second-order valence-corrected chi connectivity index (χ2v) is 8.71. The van der Waals surface area contributed by atoms with Gasteiger partial charge in [-0.25, -0.2) is 0 Å². The lowest BCUT2D eigenvalue weighted by Crippen LogP contribution is -2.34. The van der Waals surface area contributed by atoms with Crippen LogP contribution in [0.15, 0.2) is 48.5 Å². The number of aryl methyl sites for hydroxylation is 1. The minimum Gasteiger partial charge on any atom is -0.490 e. The Hall–Kier alpha value is -2.74. The first-order valence-electron chi connectivity index (χ1n) is 12.1. The van der Waals surface area contributed by atoms with Crippen LogP contribution in [0.25, 0.3) is 10.9 Å². The van der Waals surface area contributed by atoms with Crippen molar-refractivity contribution < 1.29 is 14.3 Å². The minimum absolute atomic E-state index is 0. The number of carbonyl (C=O) groups excluding carboxylic acids is 1. The maximum absolute atomic E-state index is 13.0. The number of ether oxygens (including phenoxy) is 2. The number of nitrogens with two attached hydrogens (primary N) is 1. The molecule has 1 aliphatic rings. The zero-order chi connectivity index (χ0) is 24.1. The molecule has 0 radical (unpaired) electrons. The van der Waals surface area contributed by atoms with Crippen LogP contribution in [0.3, 0.4) is 0 Å². The minimum atomic E-state index is -0.422. The molecule has 1 atom stereocenters. The molecule has 1 aliphatic heterocycles. The maximum atomic E-state index is 13.0. The van der Waals surface area contributed by atoms with Gasteiger partial charge in [-0.2, -0.15) is 0 Å². The highest BCUT2D eigenvalue weighted by molar-refractivity contribution is 5.98. The Labute approximate surface area is 225 Å². The standard InChI is InChI=1S/C27H34N4O3.2ClH/c1-3-31-21(15-19-5-6-20(26(28)29)16-25(19)31)17-24(27(32)33-4-2)18-7-9-22(10-8-18)34-23-11-13-30-14-12-23;;/h5-10,15-16,23-24,30H,3-4,11-14,17H2,1-2H3,(H3,28,29);2*1H. The van der Waals surface area contributed by atoms with Crippen molar-refractivity contribution in [2.24, 2.45) is 5.73 Å². The van der Waals surface area contributed by atoms with Crippen molar-refractivity contribution in [3.8, 4) is 5.75 Å². The first-order chi connectivity index (χ1) is 16.5. The highest BCUT2D eigenvalue weighted by atomic mass is 35.5. The van der Waals surface area contributed by atoms with Gasteiger partial charge in [-0.05, 0) is 75.0 Å². The van der Waals surface area contributed by atoms with E-state index in [-0.39, 0.29) is 42.7 Å². The molecule has 2 aromatic carbocycles. The summed E-state index contributed by atoms with van der Waals surface area (Å²) >= 11 is 0. The summed E-state index contributed by atoms with van der Waals surface area (Å²) in [4.78, 5) is 13.0. The second-order valence-electron chi connectivity index (χ2n) is 8.71. The molecule has 0 spiro atoms. The number of rotatable bonds is 9. The summed E-state index contributed by atoms with van der Waals surface area (Å²) in [6, 6.07) is 15.8. The normalized spacial score (nSPS) is 14.4. The number of amidine groups is 1. The van der Waals surface area contributed by atoms with E-state index in [0.29, 0.717) is 18.6 Å². The average Bonchev–Trinajstić information content (AvgIpc) is 3.20. The fourth-order valence-electron chi connectivity index (χ4n) is 4.70. The van der Waals surface area contributed by atoms with Crippen LogP contribution in [-0.4, -0.2) is 42.2 Å². The van der Waals surface area contributed by atoms with Gasteiger partial charge in [0, 0.05) is 29.7 Å². The van der Waals surface area contributed by atoms with Crippen molar-refractivity contribution in [2.45, 2.75) is 51.7 Å². The quantitative estimate of drug-likeness (QED) is 0.207. The van der Waals surface area contributed by atoms with E-state index in [1.54, 1.807) is 0 Å². The van der Waals surface area contributed by atoms with Gasteiger partial charge in [0.2, 0.25) is 0 Å². The van der Waals surface area contributed by atoms with Crippen molar-refractivity contribution in [2.75, 3.05) is 19.7 Å². The molecule has 36 heavy (non-hydrogen) atoms. The van der Waals surface area contributed by atoms with Crippen LogP contribution in [-0.2, 0) is 22.5 Å². The van der Waals surface area contributed by atoms with Crippen molar-refractivity contribution in [1.82, 2.24) is 9.88 Å². The van der Waals surface area contributed by atoms with Gasteiger partial charge in [-0.15, -0.1) is 24.8 Å². The molecule has 1 saturated heterocycles. The van der Waals surface area contributed by atoms with E-state index in [4.69, 9.17) is 20.6 Å². The van der Waals surface area contributed by atoms with Crippen LogP contribution >= 0.6 is 24.8 Å².